The molecule has 0 bridgehead atoms. The molecule has 1 aliphatic rings. The highest BCUT2D eigenvalue weighted by Crippen LogP contribution is 2.28. The van der Waals surface area contributed by atoms with E-state index in [4.69, 9.17) is 4.74 Å². The predicted octanol–water partition coefficient (Wildman–Crippen LogP) is 2.84. The molecule has 0 spiro atoms. The van der Waals surface area contributed by atoms with E-state index in [9.17, 15) is 10.2 Å². The Morgan fingerprint density at radius 1 is 0.960 bits per heavy atom. The Morgan fingerprint density at radius 2 is 1.64 bits per heavy atom. The van der Waals surface area contributed by atoms with Gasteiger partial charge in [0.05, 0.1) is 6.61 Å². The number of rotatable bonds is 7. The van der Waals surface area contributed by atoms with Crippen LogP contribution in [0.15, 0.2) is 60.7 Å². The molecule has 3 rings (SSSR count). The van der Waals surface area contributed by atoms with Crippen LogP contribution in [-0.4, -0.2) is 46.5 Å². The molecular weight excluding hydrogens is 314 g/mol. The van der Waals surface area contributed by atoms with Crippen molar-refractivity contribution in [3.05, 3.63) is 66.2 Å². The molecule has 2 aromatic rings. The summed E-state index contributed by atoms with van der Waals surface area (Å²) in [5, 5.41) is 20.4. The second-order valence-electron chi connectivity index (χ2n) is 6.64. The van der Waals surface area contributed by atoms with Gasteiger partial charge in [-0.1, -0.05) is 48.5 Å². The highest BCUT2D eigenvalue weighted by molar-refractivity contribution is 5.21. The molecule has 0 unspecified atom stereocenters. The van der Waals surface area contributed by atoms with Gasteiger partial charge in [-0.25, -0.2) is 0 Å². The number of ether oxygens (including phenoxy) is 1. The minimum absolute atomic E-state index is 0.00480. The van der Waals surface area contributed by atoms with Crippen LogP contribution in [-0.2, 0) is 6.54 Å². The van der Waals surface area contributed by atoms with Crippen LogP contribution in [0.5, 0.6) is 5.75 Å². The second-order valence-corrected chi connectivity index (χ2v) is 6.64. The lowest BCUT2D eigenvalue weighted by molar-refractivity contribution is -0.0586. The number of hydrogen-bond donors (Lipinski definition) is 2. The summed E-state index contributed by atoms with van der Waals surface area (Å²) < 4.78 is 6.04. The van der Waals surface area contributed by atoms with Gasteiger partial charge < -0.3 is 14.9 Å². The van der Waals surface area contributed by atoms with Crippen molar-refractivity contribution in [2.75, 3.05) is 13.2 Å². The summed E-state index contributed by atoms with van der Waals surface area (Å²) >= 11 is 0. The first-order valence-corrected chi connectivity index (χ1v) is 9.06. The first kappa shape index (κ1) is 17.9. The molecule has 2 N–H and O–H groups in total. The van der Waals surface area contributed by atoms with E-state index in [2.05, 4.69) is 17.0 Å². The van der Waals surface area contributed by atoms with Gasteiger partial charge >= 0.3 is 0 Å². The van der Waals surface area contributed by atoms with E-state index in [1.165, 1.54) is 5.56 Å². The summed E-state index contributed by atoms with van der Waals surface area (Å²) in [6, 6.07) is 19.9. The van der Waals surface area contributed by atoms with Crippen molar-refractivity contribution in [2.24, 2.45) is 0 Å². The SMILES string of the molecule is OCCN(Cc1ccccc1)[C@H]1CCC[C@@H](Oc2ccccc2)[C@@H]1O. The van der Waals surface area contributed by atoms with E-state index in [-0.39, 0.29) is 18.8 Å². The zero-order valence-electron chi connectivity index (χ0n) is 14.5. The fourth-order valence-corrected chi connectivity index (χ4v) is 3.63. The maximum absolute atomic E-state index is 10.9. The van der Waals surface area contributed by atoms with E-state index < -0.39 is 6.10 Å². The highest BCUT2D eigenvalue weighted by Gasteiger charge is 2.36. The number of aliphatic hydroxyl groups excluding tert-OH is 2. The molecule has 0 aliphatic heterocycles. The first-order chi connectivity index (χ1) is 12.3. The summed E-state index contributed by atoms with van der Waals surface area (Å²) in [6.45, 7) is 1.36. The molecule has 3 atom stereocenters. The number of benzene rings is 2. The minimum Gasteiger partial charge on any atom is -0.488 e. The van der Waals surface area contributed by atoms with Gasteiger partial charge in [0.15, 0.2) is 0 Å². The summed E-state index contributed by atoms with van der Waals surface area (Å²) in [7, 11) is 0. The molecule has 25 heavy (non-hydrogen) atoms. The van der Waals surface area contributed by atoms with Crippen LogP contribution in [0.4, 0.5) is 0 Å². The topological polar surface area (TPSA) is 52.9 Å². The third-order valence-corrected chi connectivity index (χ3v) is 4.88. The van der Waals surface area contributed by atoms with Crippen LogP contribution in [0.2, 0.25) is 0 Å². The monoisotopic (exact) mass is 341 g/mol. The van der Waals surface area contributed by atoms with Gasteiger partial charge in [-0.2, -0.15) is 0 Å². The number of para-hydroxylation sites is 1. The van der Waals surface area contributed by atoms with Crippen LogP contribution in [0, 0.1) is 0 Å². The normalized spacial score (nSPS) is 23.6. The molecule has 2 aromatic carbocycles. The van der Waals surface area contributed by atoms with Crippen molar-refractivity contribution < 1.29 is 14.9 Å². The van der Waals surface area contributed by atoms with Crippen LogP contribution < -0.4 is 4.74 Å². The van der Waals surface area contributed by atoms with Crippen molar-refractivity contribution in [1.29, 1.82) is 0 Å². The standard InChI is InChI=1S/C21H27NO3/c23-15-14-22(16-17-8-3-1-4-9-17)19-12-7-13-20(21(19)24)25-18-10-5-2-6-11-18/h1-6,8-11,19-21,23-24H,7,12-16H2/t19-,20+,21+/m0/s1. The Balaban J connectivity index is 1.69. The Hall–Kier alpha value is -1.88. The van der Waals surface area contributed by atoms with Gasteiger partial charge in [-0.3, -0.25) is 4.90 Å². The van der Waals surface area contributed by atoms with Crippen LogP contribution >= 0.6 is 0 Å². The van der Waals surface area contributed by atoms with Gasteiger partial charge in [0.1, 0.15) is 18.0 Å². The number of hydrogen-bond acceptors (Lipinski definition) is 4. The fourth-order valence-electron chi connectivity index (χ4n) is 3.63. The van der Waals surface area contributed by atoms with E-state index in [1.807, 2.05) is 48.5 Å². The summed E-state index contributed by atoms with van der Waals surface area (Å²) in [5.74, 6) is 0.795. The Bertz CT molecular complexity index is 620. The Kier molecular flexibility index (Phi) is 6.45. The highest BCUT2D eigenvalue weighted by atomic mass is 16.5. The van der Waals surface area contributed by atoms with Gasteiger partial charge in [-0.05, 0) is 37.0 Å². The Morgan fingerprint density at radius 3 is 2.32 bits per heavy atom. The molecule has 4 nitrogen and oxygen atoms in total. The lowest BCUT2D eigenvalue weighted by atomic mass is 9.88. The summed E-state index contributed by atoms with van der Waals surface area (Å²) in [5.41, 5.74) is 1.19. The first-order valence-electron chi connectivity index (χ1n) is 9.06. The second kappa shape index (κ2) is 8.99. The van der Waals surface area contributed by atoms with E-state index in [1.54, 1.807) is 0 Å². The van der Waals surface area contributed by atoms with Gasteiger partial charge in [-0.15, -0.1) is 0 Å². The van der Waals surface area contributed by atoms with Gasteiger partial charge in [0.2, 0.25) is 0 Å². The van der Waals surface area contributed by atoms with Crippen molar-refractivity contribution in [1.82, 2.24) is 4.90 Å². The molecular formula is C21H27NO3. The maximum atomic E-state index is 10.9. The van der Waals surface area contributed by atoms with Gasteiger partial charge in [0, 0.05) is 19.1 Å². The van der Waals surface area contributed by atoms with Crippen LogP contribution in [0.3, 0.4) is 0 Å². The smallest absolute Gasteiger partial charge is 0.126 e. The molecule has 0 aromatic heterocycles. The molecule has 0 radical (unpaired) electrons. The molecule has 1 saturated carbocycles. The average molecular weight is 341 g/mol. The molecule has 0 amide bonds. The molecule has 0 saturated heterocycles. The third kappa shape index (κ3) is 4.82. The molecule has 1 fully saturated rings. The van der Waals surface area contributed by atoms with E-state index >= 15 is 0 Å². The number of nitrogens with zero attached hydrogens (tertiary/aromatic N) is 1. The molecule has 1 aliphatic carbocycles. The molecule has 4 heteroatoms. The fraction of sp³-hybridized carbons (Fsp3) is 0.429. The van der Waals surface area contributed by atoms with Crippen molar-refractivity contribution >= 4 is 0 Å². The van der Waals surface area contributed by atoms with Crippen molar-refractivity contribution in [3.63, 3.8) is 0 Å². The van der Waals surface area contributed by atoms with Crippen LogP contribution in [0.1, 0.15) is 24.8 Å². The quantitative estimate of drug-likeness (QED) is 0.813. The lowest BCUT2D eigenvalue weighted by Crippen LogP contribution is -2.53. The summed E-state index contributed by atoms with van der Waals surface area (Å²) in [4.78, 5) is 2.18. The predicted molar refractivity (Wildman–Crippen MR) is 98.4 cm³/mol. The van der Waals surface area contributed by atoms with Crippen molar-refractivity contribution in [3.8, 4) is 5.75 Å². The third-order valence-electron chi connectivity index (χ3n) is 4.88. The van der Waals surface area contributed by atoms with Crippen molar-refractivity contribution in [2.45, 2.75) is 44.1 Å². The van der Waals surface area contributed by atoms with E-state index in [0.29, 0.717) is 6.54 Å². The minimum atomic E-state index is -0.566. The molecule has 134 valence electrons. The zero-order valence-corrected chi connectivity index (χ0v) is 14.5. The van der Waals surface area contributed by atoms with Gasteiger partial charge in [0.25, 0.3) is 0 Å². The summed E-state index contributed by atoms with van der Waals surface area (Å²) in [6.07, 6.45) is 2.01. The molecule has 0 heterocycles. The number of aliphatic hydroxyl groups is 2. The zero-order chi connectivity index (χ0) is 17.5. The lowest BCUT2D eigenvalue weighted by Gasteiger charge is -2.41. The average Bonchev–Trinajstić information content (AvgIpc) is 2.65. The maximum Gasteiger partial charge on any atom is 0.126 e. The Labute approximate surface area is 149 Å². The largest absolute Gasteiger partial charge is 0.488 e. The van der Waals surface area contributed by atoms with Crippen LogP contribution in [0.25, 0.3) is 0 Å². The van der Waals surface area contributed by atoms with E-state index in [0.717, 1.165) is 31.6 Å².